The summed E-state index contributed by atoms with van der Waals surface area (Å²) in [5.74, 6) is 0.156. The molecular formula is C11H10Cl2N2O3S. The molecule has 2 rings (SSSR count). The number of nitrogens with zero attached hydrogens (tertiary/aromatic N) is 2. The highest BCUT2D eigenvalue weighted by Crippen LogP contribution is 2.27. The van der Waals surface area contributed by atoms with Crippen LogP contribution >= 0.6 is 23.2 Å². The van der Waals surface area contributed by atoms with E-state index in [2.05, 4.69) is 5.10 Å². The van der Waals surface area contributed by atoms with E-state index in [1.807, 2.05) is 0 Å². The smallest absolute Gasteiger partial charge is 0.344 e. The molecule has 0 fully saturated rings. The maximum Gasteiger partial charge on any atom is 0.344 e. The molecule has 1 aromatic carbocycles. The van der Waals surface area contributed by atoms with Crippen molar-refractivity contribution in [1.82, 2.24) is 9.78 Å². The molecule has 19 heavy (non-hydrogen) atoms. The first-order chi connectivity index (χ1) is 8.81. The van der Waals surface area contributed by atoms with E-state index in [1.165, 1.54) is 28.9 Å². The number of benzene rings is 1. The molecule has 0 aliphatic heterocycles. The predicted molar refractivity (Wildman–Crippen MR) is 72.2 cm³/mol. The van der Waals surface area contributed by atoms with Gasteiger partial charge in [0.1, 0.15) is 10.9 Å². The molecule has 1 aromatic heterocycles. The molecule has 0 amide bonds. The second-order valence-electron chi connectivity index (χ2n) is 3.82. The van der Waals surface area contributed by atoms with E-state index in [0.717, 1.165) is 0 Å². The first kappa shape index (κ1) is 14.2. The molecule has 0 saturated heterocycles. The Morgan fingerprint density at radius 3 is 2.26 bits per heavy atom. The van der Waals surface area contributed by atoms with Gasteiger partial charge in [0.2, 0.25) is 0 Å². The van der Waals surface area contributed by atoms with Crippen LogP contribution in [-0.4, -0.2) is 18.2 Å². The summed E-state index contributed by atoms with van der Waals surface area (Å²) in [5, 5.41) is 4.43. The third kappa shape index (κ3) is 2.86. The molecule has 0 spiro atoms. The van der Waals surface area contributed by atoms with E-state index in [1.54, 1.807) is 14.0 Å². The van der Waals surface area contributed by atoms with E-state index < -0.39 is 10.1 Å². The van der Waals surface area contributed by atoms with Crippen LogP contribution in [0.2, 0.25) is 10.2 Å². The highest BCUT2D eigenvalue weighted by atomic mass is 35.5. The van der Waals surface area contributed by atoms with Crippen molar-refractivity contribution in [3.8, 4) is 5.75 Å². The fourth-order valence-corrected chi connectivity index (χ4v) is 3.33. The Morgan fingerprint density at radius 2 is 1.79 bits per heavy atom. The Labute approximate surface area is 120 Å². The number of aromatic nitrogens is 2. The van der Waals surface area contributed by atoms with Crippen molar-refractivity contribution in [2.45, 2.75) is 11.8 Å². The first-order valence-electron chi connectivity index (χ1n) is 5.20. The van der Waals surface area contributed by atoms with Gasteiger partial charge < -0.3 is 4.18 Å². The van der Waals surface area contributed by atoms with Crippen molar-refractivity contribution >= 4 is 33.3 Å². The quantitative estimate of drug-likeness (QED) is 0.816. The fourth-order valence-electron chi connectivity index (χ4n) is 1.55. The van der Waals surface area contributed by atoms with Crippen LogP contribution in [0.25, 0.3) is 0 Å². The molecule has 0 bridgehead atoms. The Bertz CT molecular complexity index is 708. The largest absolute Gasteiger partial charge is 0.379 e. The van der Waals surface area contributed by atoms with Crippen LogP contribution in [-0.2, 0) is 17.2 Å². The van der Waals surface area contributed by atoms with Gasteiger partial charge in [-0.25, -0.2) is 0 Å². The highest BCUT2D eigenvalue weighted by molar-refractivity contribution is 7.87. The van der Waals surface area contributed by atoms with Crippen LogP contribution in [0.3, 0.4) is 0 Å². The predicted octanol–water partition coefficient (Wildman–Crippen LogP) is 2.80. The van der Waals surface area contributed by atoms with Crippen LogP contribution in [0.5, 0.6) is 5.75 Å². The normalized spacial score (nSPS) is 11.6. The summed E-state index contributed by atoms with van der Waals surface area (Å²) in [5.41, 5.74) is 0.279. The van der Waals surface area contributed by atoms with Gasteiger partial charge in [0.15, 0.2) is 4.90 Å². The third-order valence-electron chi connectivity index (χ3n) is 2.37. The van der Waals surface area contributed by atoms with Crippen molar-refractivity contribution in [2.24, 2.45) is 7.05 Å². The van der Waals surface area contributed by atoms with Gasteiger partial charge in [0, 0.05) is 12.1 Å². The molecule has 5 nitrogen and oxygen atoms in total. The number of halogens is 2. The molecule has 0 N–H and O–H groups in total. The van der Waals surface area contributed by atoms with Gasteiger partial charge in [-0.05, 0) is 31.2 Å². The van der Waals surface area contributed by atoms with Crippen LogP contribution in [0.1, 0.15) is 5.69 Å². The van der Waals surface area contributed by atoms with E-state index >= 15 is 0 Å². The Hall–Kier alpha value is -1.24. The van der Waals surface area contributed by atoms with Gasteiger partial charge in [-0.1, -0.05) is 23.2 Å². The Kier molecular flexibility index (Phi) is 3.75. The molecular weight excluding hydrogens is 311 g/mol. The molecule has 8 heteroatoms. The monoisotopic (exact) mass is 320 g/mol. The average Bonchev–Trinajstić information content (AvgIpc) is 2.56. The molecule has 0 radical (unpaired) electrons. The molecule has 2 aromatic rings. The fraction of sp³-hybridized carbons (Fsp3) is 0.182. The molecule has 0 saturated carbocycles. The van der Waals surface area contributed by atoms with Gasteiger partial charge in [-0.3, -0.25) is 4.68 Å². The van der Waals surface area contributed by atoms with E-state index in [9.17, 15) is 8.42 Å². The standard InChI is InChI=1S/C11H10Cl2N2O3S/c1-7-10(11(13)15(2)14-7)19(16,17)18-9-5-3-8(12)4-6-9/h3-6H,1-2H3. The first-order valence-corrected chi connectivity index (χ1v) is 7.37. The average molecular weight is 321 g/mol. The summed E-state index contributed by atoms with van der Waals surface area (Å²) in [6.07, 6.45) is 0. The van der Waals surface area contributed by atoms with Gasteiger partial charge in [0.25, 0.3) is 0 Å². The zero-order valence-electron chi connectivity index (χ0n) is 10.1. The number of rotatable bonds is 3. The topological polar surface area (TPSA) is 61.2 Å². The molecule has 0 atom stereocenters. The third-order valence-corrected chi connectivity index (χ3v) is 4.57. The van der Waals surface area contributed by atoms with Crippen LogP contribution < -0.4 is 4.18 Å². The molecule has 102 valence electrons. The molecule has 1 heterocycles. The zero-order valence-corrected chi connectivity index (χ0v) is 12.4. The van der Waals surface area contributed by atoms with Crippen molar-refractivity contribution in [3.05, 3.63) is 40.1 Å². The van der Waals surface area contributed by atoms with E-state index in [-0.39, 0.29) is 21.5 Å². The van der Waals surface area contributed by atoms with Crippen molar-refractivity contribution in [1.29, 1.82) is 0 Å². The maximum absolute atomic E-state index is 12.1. The highest BCUT2D eigenvalue weighted by Gasteiger charge is 2.27. The van der Waals surface area contributed by atoms with Crippen molar-refractivity contribution in [3.63, 3.8) is 0 Å². The molecule has 0 unspecified atom stereocenters. The number of aryl methyl sites for hydroxylation is 2. The minimum atomic E-state index is -4.03. The van der Waals surface area contributed by atoms with E-state index in [0.29, 0.717) is 5.02 Å². The summed E-state index contributed by atoms with van der Waals surface area (Å²) >= 11 is 11.6. The minimum Gasteiger partial charge on any atom is -0.379 e. The lowest BCUT2D eigenvalue weighted by atomic mass is 10.3. The summed E-state index contributed by atoms with van der Waals surface area (Å²) in [7, 11) is -2.47. The zero-order chi connectivity index (χ0) is 14.2. The van der Waals surface area contributed by atoms with Gasteiger partial charge in [-0.15, -0.1) is 0 Å². The van der Waals surface area contributed by atoms with Crippen LogP contribution in [0, 0.1) is 6.92 Å². The molecule has 0 aliphatic rings. The van der Waals surface area contributed by atoms with Gasteiger partial charge >= 0.3 is 10.1 Å². The summed E-state index contributed by atoms with van der Waals surface area (Å²) < 4.78 is 30.6. The second kappa shape index (κ2) is 5.03. The Balaban J connectivity index is 2.40. The summed E-state index contributed by atoms with van der Waals surface area (Å²) in [6.45, 7) is 1.55. The summed E-state index contributed by atoms with van der Waals surface area (Å²) in [4.78, 5) is -0.133. The SMILES string of the molecule is Cc1nn(C)c(Cl)c1S(=O)(=O)Oc1ccc(Cl)cc1. The van der Waals surface area contributed by atoms with Crippen LogP contribution in [0.4, 0.5) is 0 Å². The van der Waals surface area contributed by atoms with E-state index in [4.69, 9.17) is 27.4 Å². The van der Waals surface area contributed by atoms with Crippen molar-refractivity contribution in [2.75, 3.05) is 0 Å². The van der Waals surface area contributed by atoms with Crippen LogP contribution in [0.15, 0.2) is 29.2 Å². The second-order valence-corrected chi connectivity index (χ2v) is 6.10. The lowest BCUT2D eigenvalue weighted by Gasteiger charge is -2.06. The number of hydrogen-bond acceptors (Lipinski definition) is 4. The lowest BCUT2D eigenvalue weighted by Crippen LogP contribution is -2.11. The van der Waals surface area contributed by atoms with Gasteiger partial charge in [0.05, 0.1) is 5.69 Å². The lowest BCUT2D eigenvalue weighted by molar-refractivity contribution is 0.485. The minimum absolute atomic E-state index is 0.00598. The number of hydrogen-bond donors (Lipinski definition) is 0. The maximum atomic E-state index is 12.1. The van der Waals surface area contributed by atoms with Gasteiger partial charge in [-0.2, -0.15) is 13.5 Å². The Morgan fingerprint density at radius 1 is 1.21 bits per heavy atom. The summed E-state index contributed by atoms with van der Waals surface area (Å²) in [6, 6.07) is 5.98. The van der Waals surface area contributed by atoms with Crippen molar-refractivity contribution < 1.29 is 12.6 Å². The molecule has 0 aliphatic carbocycles.